The van der Waals surface area contributed by atoms with E-state index in [1.165, 1.54) is 10.9 Å². The van der Waals surface area contributed by atoms with Crippen molar-refractivity contribution in [1.29, 1.82) is 0 Å². The van der Waals surface area contributed by atoms with Crippen molar-refractivity contribution in [3.63, 3.8) is 0 Å². The van der Waals surface area contributed by atoms with Crippen LogP contribution in [0.4, 0.5) is 5.69 Å². The van der Waals surface area contributed by atoms with E-state index < -0.39 is 0 Å². The van der Waals surface area contributed by atoms with Gasteiger partial charge in [0.05, 0.1) is 0 Å². The first kappa shape index (κ1) is 13.8. The maximum Gasteiger partial charge on any atom is 0.250 e. The molecule has 0 bridgehead atoms. The maximum atomic E-state index is 11.6. The molecular weight excluding hydrogens is 258 g/mol. The Morgan fingerprint density at radius 2 is 2.16 bits per heavy atom. The molecule has 19 heavy (non-hydrogen) atoms. The van der Waals surface area contributed by atoms with Crippen molar-refractivity contribution in [3.05, 3.63) is 51.1 Å². The Morgan fingerprint density at radius 3 is 2.89 bits per heavy atom. The maximum absolute atomic E-state index is 11.6. The van der Waals surface area contributed by atoms with Gasteiger partial charge in [0.25, 0.3) is 5.56 Å². The molecular formula is C14H19N3OS. The molecule has 0 fully saturated rings. The zero-order valence-electron chi connectivity index (χ0n) is 11.1. The molecule has 2 heterocycles. The Labute approximate surface area is 117 Å². The van der Waals surface area contributed by atoms with Crippen LogP contribution in [-0.4, -0.2) is 29.6 Å². The third-order valence-corrected chi connectivity index (χ3v) is 3.99. The van der Waals surface area contributed by atoms with E-state index in [1.54, 1.807) is 28.2 Å². The third-order valence-electron chi connectivity index (χ3n) is 3.05. The number of aromatic nitrogens is 1. The monoisotopic (exact) mass is 277 g/mol. The highest BCUT2D eigenvalue weighted by Gasteiger charge is 2.02. The van der Waals surface area contributed by atoms with Crippen molar-refractivity contribution in [3.8, 4) is 0 Å². The van der Waals surface area contributed by atoms with E-state index in [0.29, 0.717) is 12.2 Å². The number of hydrogen-bond acceptors (Lipinski definition) is 4. The second kappa shape index (κ2) is 6.54. The normalized spacial score (nSPS) is 11.1. The molecule has 0 aromatic carbocycles. The van der Waals surface area contributed by atoms with Gasteiger partial charge in [0.2, 0.25) is 0 Å². The zero-order chi connectivity index (χ0) is 13.7. The van der Waals surface area contributed by atoms with Gasteiger partial charge in [0.1, 0.15) is 0 Å². The summed E-state index contributed by atoms with van der Waals surface area (Å²) in [5.74, 6) is 0. The van der Waals surface area contributed by atoms with Crippen LogP contribution < -0.4 is 11.3 Å². The lowest BCUT2D eigenvalue weighted by Gasteiger charge is -2.17. The van der Waals surface area contributed by atoms with E-state index in [9.17, 15) is 4.79 Å². The van der Waals surface area contributed by atoms with Crippen LogP contribution >= 0.6 is 11.3 Å². The second-order valence-corrected chi connectivity index (χ2v) is 5.66. The summed E-state index contributed by atoms with van der Waals surface area (Å²) in [6, 6.07) is 7.38. The third kappa shape index (κ3) is 4.22. The highest BCUT2D eigenvalue weighted by molar-refractivity contribution is 7.09. The van der Waals surface area contributed by atoms with Crippen LogP contribution in [0, 0.1) is 0 Å². The molecule has 0 unspecified atom stereocenters. The molecule has 2 rings (SSSR count). The molecule has 0 aliphatic carbocycles. The number of rotatable bonds is 6. The van der Waals surface area contributed by atoms with E-state index in [0.717, 1.165) is 19.5 Å². The van der Waals surface area contributed by atoms with Gasteiger partial charge in [-0.3, -0.25) is 4.79 Å². The highest BCUT2D eigenvalue weighted by atomic mass is 32.1. The molecule has 0 aliphatic heterocycles. The minimum Gasteiger partial charge on any atom is -0.398 e. The van der Waals surface area contributed by atoms with Gasteiger partial charge in [-0.2, -0.15) is 0 Å². The molecule has 102 valence electrons. The summed E-state index contributed by atoms with van der Waals surface area (Å²) in [5, 5.41) is 2.10. The van der Waals surface area contributed by atoms with Crippen LogP contribution in [0.3, 0.4) is 0 Å². The van der Waals surface area contributed by atoms with Crippen molar-refractivity contribution in [2.45, 2.75) is 13.0 Å². The summed E-state index contributed by atoms with van der Waals surface area (Å²) >= 11 is 1.79. The van der Waals surface area contributed by atoms with Crippen LogP contribution in [0.15, 0.2) is 40.6 Å². The van der Waals surface area contributed by atoms with Crippen LogP contribution in [-0.2, 0) is 13.0 Å². The van der Waals surface area contributed by atoms with E-state index in [2.05, 4.69) is 29.5 Å². The lowest BCUT2D eigenvalue weighted by Crippen LogP contribution is -2.29. The SMILES string of the molecule is CN(CCc1cccs1)CCn1cc(N)ccc1=O. The van der Waals surface area contributed by atoms with Gasteiger partial charge < -0.3 is 15.2 Å². The van der Waals surface area contributed by atoms with Gasteiger partial charge in [-0.15, -0.1) is 11.3 Å². The largest absolute Gasteiger partial charge is 0.398 e. The standard InChI is InChI=1S/C14H19N3OS/c1-16(7-6-13-3-2-10-19-13)8-9-17-11-12(15)4-5-14(17)18/h2-5,10-11H,6-9,15H2,1H3. The van der Waals surface area contributed by atoms with Crippen LogP contribution in [0.2, 0.25) is 0 Å². The predicted octanol–water partition coefficient (Wildman–Crippen LogP) is 1.67. The van der Waals surface area contributed by atoms with Crippen LogP contribution in [0.5, 0.6) is 0 Å². The van der Waals surface area contributed by atoms with Gasteiger partial charge in [-0.25, -0.2) is 0 Å². The van der Waals surface area contributed by atoms with Crippen LogP contribution in [0.25, 0.3) is 0 Å². The lowest BCUT2D eigenvalue weighted by atomic mass is 10.3. The smallest absolute Gasteiger partial charge is 0.250 e. The molecule has 2 N–H and O–H groups in total. The Morgan fingerprint density at radius 1 is 1.32 bits per heavy atom. The zero-order valence-corrected chi connectivity index (χ0v) is 11.9. The van der Waals surface area contributed by atoms with E-state index in [1.807, 2.05) is 0 Å². The molecule has 4 nitrogen and oxygen atoms in total. The molecule has 0 spiro atoms. The van der Waals surface area contributed by atoms with Crippen molar-refractivity contribution >= 4 is 17.0 Å². The Balaban J connectivity index is 1.81. The van der Waals surface area contributed by atoms with Crippen molar-refractivity contribution in [2.24, 2.45) is 0 Å². The number of nitrogens with zero attached hydrogens (tertiary/aromatic N) is 2. The predicted molar refractivity (Wildman–Crippen MR) is 80.6 cm³/mol. The fourth-order valence-electron chi connectivity index (χ4n) is 1.87. The summed E-state index contributed by atoms with van der Waals surface area (Å²) in [7, 11) is 2.07. The first-order chi connectivity index (χ1) is 9.15. The van der Waals surface area contributed by atoms with Crippen LogP contribution in [0.1, 0.15) is 4.88 Å². The summed E-state index contributed by atoms with van der Waals surface area (Å²) < 4.78 is 1.66. The van der Waals surface area contributed by atoms with E-state index >= 15 is 0 Å². The lowest BCUT2D eigenvalue weighted by molar-refractivity contribution is 0.321. The van der Waals surface area contributed by atoms with Gasteiger partial charge in [0, 0.05) is 42.5 Å². The van der Waals surface area contributed by atoms with Gasteiger partial charge in [-0.1, -0.05) is 6.07 Å². The second-order valence-electron chi connectivity index (χ2n) is 4.63. The van der Waals surface area contributed by atoms with Crippen molar-refractivity contribution in [2.75, 3.05) is 25.9 Å². The average Bonchev–Trinajstić information content (AvgIpc) is 2.90. The quantitative estimate of drug-likeness (QED) is 0.874. The minimum absolute atomic E-state index is 0.000793. The summed E-state index contributed by atoms with van der Waals surface area (Å²) in [6.07, 6.45) is 2.76. The summed E-state index contributed by atoms with van der Waals surface area (Å²) in [6.45, 7) is 2.51. The number of nitrogen functional groups attached to an aromatic ring is 1. The number of thiophene rings is 1. The molecule has 0 atom stereocenters. The molecule has 0 aliphatic rings. The summed E-state index contributed by atoms with van der Waals surface area (Å²) in [4.78, 5) is 15.2. The highest BCUT2D eigenvalue weighted by Crippen LogP contribution is 2.09. The molecule has 0 saturated carbocycles. The Kier molecular flexibility index (Phi) is 4.76. The molecule has 2 aromatic rings. The minimum atomic E-state index is 0.000793. The molecule has 5 heteroatoms. The molecule has 0 saturated heterocycles. The van der Waals surface area contributed by atoms with Gasteiger partial charge >= 0.3 is 0 Å². The Hall–Kier alpha value is -1.59. The first-order valence-corrected chi connectivity index (χ1v) is 7.20. The molecule has 2 aromatic heterocycles. The van der Waals surface area contributed by atoms with Gasteiger partial charge in [0.15, 0.2) is 0 Å². The number of pyridine rings is 1. The number of hydrogen-bond donors (Lipinski definition) is 1. The fourth-order valence-corrected chi connectivity index (χ4v) is 2.57. The molecule has 0 radical (unpaired) electrons. The number of anilines is 1. The number of likely N-dealkylation sites (N-methyl/N-ethyl adjacent to an activating group) is 1. The van der Waals surface area contributed by atoms with Crippen molar-refractivity contribution in [1.82, 2.24) is 9.47 Å². The first-order valence-electron chi connectivity index (χ1n) is 6.32. The van der Waals surface area contributed by atoms with E-state index in [4.69, 9.17) is 5.73 Å². The average molecular weight is 277 g/mol. The Bertz CT molecular complexity index is 562. The van der Waals surface area contributed by atoms with Gasteiger partial charge in [-0.05, 0) is 31.0 Å². The summed E-state index contributed by atoms with van der Waals surface area (Å²) in [5.41, 5.74) is 6.31. The van der Waals surface area contributed by atoms with E-state index in [-0.39, 0.29) is 5.56 Å². The number of nitrogens with two attached hydrogens (primary N) is 1. The fraction of sp³-hybridized carbons (Fsp3) is 0.357. The van der Waals surface area contributed by atoms with Crippen molar-refractivity contribution < 1.29 is 0 Å². The molecule has 0 amide bonds. The topological polar surface area (TPSA) is 51.3 Å².